The van der Waals surface area contributed by atoms with Crippen molar-refractivity contribution in [3.63, 3.8) is 0 Å². The number of aromatic hydroxyl groups is 1. The predicted octanol–water partition coefficient (Wildman–Crippen LogP) is 2.64. The second-order valence-corrected chi connectivity index (χ2v) is 6.28. The van der Waals surface area contributed by atoms with Crippen LogP contribution >= 0.6 is 15.9 Å². The lowest BCUT2D eigenvalue weighted by molar-refractivity contribution is 0.160. The summed E-state index contributed by atoms with van der Waals surface area (Å²) in [7, 11) is 0. The lowest BCUT2D eigenvalue weighted by Crippen LogP contribution is -2.33. The van der Waals surface area contributed by atoms with Crippen molar-refractivity contribution in [2.75, 3.05) is 19.7 Å². The van der Waals surface area contributed by atoms with E-state index in [4.69, 9.17) is 0 Å². The van der Waals surface area contributed by atoms with Gasteiger partial charge >= 0.3 is 0 Å². The average molecular weight is 339 g/mol. The lowest BCUT2D eigenvalue weighted by Gasteiger charge is -2.22. The number of aromatic amines is 1. The van der Waals surface area contributed by atoms with E-state index in [1.165, 1.54) is 12.0 Å². The summed E-state index contributed by atoms with van der Waals surface area (Å²) in [5, 5.41) is 20.1. The second kappa shape index (κ2) is 5.76. The quantitative estimate of drug-likeness (QED) is 0.803. The third-order valence-corrected chi connectivity index (χ3v) is 4.82. The molecule has 0 spiro atoms. The normalized spacial score (nSPS) is 20.0. The van der Waals surface area contributed by atoms with E-state index < -0.39 is 0 Å². The number of hydrogen-bond acceptors (Lipinski definition) is 3. The van der Waals surface area contributed by atoms with Crippen LogP contribution in [0.3, 0.4) is 0 Å². The number of aliphatic hydroxyl groups is 1. The van der Waals surface area contributed by atoms with Crippen molar-refractivity contribution in [1.82, 2.24) is 9.88 Å². The van der Waals surface area contributed by atoms with Crippen molar-refractivity contribution in [2.45, 2.75) is 25.3 Å². The first-order valence-corrected chi connectivity index (χ1v) is 7.81. The minimum atomic E-state index is 0.250. The fraction of sp³-hybridized carbons (Fsp3) is 0.467. The summed E-state index contributed by atoms with van der Waals surface area (Å²) >= 11 is 3.46. The Hall–Kier alpha value is -1.04. The molecule has 2 heterocycles. The molecule has 1 atom stereocenters. The highest BCUT2D eigenvalue weighted by atomic mass is 79.9. The number of aliphatic hydroxyl groups excluding tert-OH is 1. The summed E-state index contributed by atoms with van der Waals surface area (Å²) in [4.78, 5) is 5.62. The number of nitrogens with zero attached hydrogens (tertiary/aromatic N) is 1. The zero-order chi connectivity index (χ0) is 14.1. The van der Waals surface area contributed by atoms with Crippen molar-refractivity contribution in [2.24, 2.45) is 0 Å². The van der Waals surface area contributed by atoms with Crippen LogP contribution < -0.4 is 0 Å². The smallest absolute Gasteiger partial charge is 0.117 e. The number of phenols is 1. The third kappa shape index (κ3) is 2.57. The van der Waals surface area contributed by atoms with E-state index in [2.05, 4.69) is 25.8 Å². The van der Waals surface area contributed by atoms with Gasteiger partial charge in [0.2, 0.25) is 0 Å². The van der Waals surface area contributed by atoms with E-state index in [1.807, 2.05) is 6.20 Å². The zero-order valence-electron chi connectivity index (χ0n) is 11.3. The maximum Gasteiger partial charge on any atom is 0.117 e. The van der Waals surface area contributed by atoms with Crippen molar-refractivity contribution in [1.29, 1.82) is 0 Å². The molecule has 3 N–H and O–H groups in total. The molecule has 0 saturated carbocycles. The predicted molar refractivity (Wildman–Crippen MR) is 83.0 cm³/mol. The van der Waals surface area contributed by atoms with Gasteiger partial charge in [-0.05, 0) is 59.4 Å². The van der Waals surface area contributed by atoms with Gasteiger partial charge in [0.05, 0.1) is 12.1 Å². The Morgan fingerprint density at radius 3 is 3.05 bits per heavy atom. The molecule has 4 nitrogen and oxygen atoms in total. The zero-order valence-corrected chi connectivity index (χ0v) is 12.9. The highest BCUT2D eigenvalue weighted by molar-refractivity contribution is 9.10. The summed E-state index contributed by atoms with van der Waals surface area (Å²) in [6.07, 6.45) is 5.20. The number of likely N-dealkylation sites (tertiary alicyclic amines) is 1. The second-order valence-electron chi connectivity index (χ2n) is 5.43. The Morgan fingerprint density at radius 1 is 1.40 bits per heavy atom. The van der Waals surface area contributed by atoms with Gasteiger partial charge in [0.25, 0.3) is 0 Å². The molecule has 3 rings (SSSR count). The number of aromatic nitrogens is 1. The van der Waals surface area contributed by atoms with Crippen LogP contribution in [0.25, 0.3) is 10.9 Å². The van der Waals surface area contributed by atoms with Crippen molar-refractivity contribution >= 4 is 26.8 Å². The van der Waals surface area contributed by atoms with Crippen LogP contribution in [0.4, 0.5) is 0 Å². The Bertz CT molecular complexity index is 611. The number of rotatable bonds is 4. The number of H-pyrrole nitrogens is 1. The number of fused-ring (bicyclic) bond motifs is 1. The molecule has 0 bridgehead atoms. The number of hydrogen-bond donors (Lipinski definition) is 3. The molecule has 1 aliphatic rings. The minimum Gasteiger partial charge on any atom is -0.508 e. The number of halogens is 1. The number of nitrogens with one attached hydrogen (secondary N) is 1. The first-order valence-electron chi connectivity index (χ1n) is 7.02. The summed E-state index contributed by atoms with van der Waals surface area (Å²) in [6, 6.07) is 3.82. The van der Waals surface area contributed by atoms with Crippen LogP contribution in [0, 0.1) is 0 Å². The van der Waals surface area contributed by atoms with Crippen LogP contribution in [0.2, 0.25) is 0 Å². The Kier molecular flexibility index (Phi) is 4.01. The summed E-state index contributed by atoms with van der Waals surface area (Å²) in [6.45, 7) is 2.27. The molecule has 5 heteroatoms. The summed E-state index contributed by atoms with van der Waals surface area (Å²) in [5.74, 6) is 0.277. The molecule has 0 amide bonds. The van der Waals surface area contributed by atoms with E-state index in [9.17, 15) is 10.2 Å². The molecule has 1 aromatic heterocycles. The van der Waals surface area contributed by atoms with Gasteiger partial charge in [-0.3, -0.25) is 4.90 Å². The Balaban J connectivity index is 1.78. The van der Waals surface area contributed by atoms with Crippen molar-refractivity contribution in [3.8, 4) is 5.75 Å². The molecule has 1 unspecified atom stereocenters. The average Bonchev–Trinajstić information content (AvgIpc) is 3.02. The first kappa shape index (κ1) is 13.9. The molecule has 108 valence electrons. The topological polar surface area (TPSA) is 59.5 Å². The summed E-state index contributed by atoms with van der Waals surface area (Å²) in [5.41, 5.74) is 2.23. The largest absolute Gasteiger partial charge is 0.508 e. The van der Waals surface area contributed by atoms with Crippen LogP contribution in [-0.4, -0.2) is 45.8 Å². The van der Waals surface area contributed by atoms with E-state index in [0.29, 0.717) is 6.04 Å². The molecule has 0 radical (unpaired) electrons. The maximum absolute atomic E-state index is 9.73. The van der Waals surface area contributed by atoms with Gasteiger partial charge in [-0.15, -0.1) is 0 Å². The fourth-order valence-electron chi connectivity index (χ4n) is 3.10. The van der Waals surface area contributed by atoms with Gasteiger partial charge < -0.3 is 15.2 Å². The Morgan fingerprint density at radius 2 is 2.25 bits per heavy atom. The highest BCUT2D eigenvalue weighted by Crippen LogP contribution is 2.31. The molecule has 1 aliphatic heterocycles. The number of phenolic OH excluding ortho intramolecular Hbond substituents is 1. The SMILES string of the molecule is OCC1CCCN1CCc1c[nH]c2c(Br)cc(O)cc12. The van der Waals surface area contributed by atoms with Crippen LogP contribution in [0.15, 0.2) is 22.8 Å². The number of benzene rings is 1. The van der Waals surface area contributed by atoms with Crippen LogP contribution in [0.5, 0.6) is 5.75 Å². The lowest BCUT2D eigenvalue weighted by atomic mass is 10.1. The van der Waals surface area contributed by atoms with Crippen LogP contribution in [-0.2, 0) is 6.42 Å². The van der Waals surface area contributed by atoms with E-state index in [-0.39, 0.29) is 12.4 Å². The molecule has 1 fully saturated rings. The van der Waals surface area contributed by atoms with E-state index in [0.717, 1.165) is 41.3 Å². The van der Waals surface area contributed by atoms with Crippen LogP contribution in [0.1, 0.15) is 18.4 Å². The van der Waals surface area contributed by atoms with Gasteiger partial charge in [-0.1, -0.05) is 0 Å². The van der Waals surface area contributed by atoms with Gasteiger partial charge in [-0.2, -0.15) is 0 Å². The molecule has 20 heavy (non-hydrogen) atoms. The van der Waals surface area contributed by atoms with Gasteiger partial charge in [-0.25, -0.2) is 0 Å². The summed E-state index contributed by atoms with van der Waals surface area (Å²) < 4.78 is 0.883. The highest BCUT2D eigenvalue weighted by Gasteiger charge is 2.23. The molecule has 0 aliphatic carbocycles. The van der Waals surface area contributed by atoms with Gasteiger partial charge in [0.15, 0.2) is 0 Å². The Labute approximate surface area is 126 Å². The van der Waals surface area contributed by atoms with Gasteiger partial charge in [0, 0.05) is 28.6 Å². The minimum absolute atomic E-state index is 0.250. The van der Waals surface area contributed by atoms with E-state index >= 15 is 0 Å². The maximum atomic E-state index is 9.73. The van der Waals surface area contributed by atoms with Gasteiger partial charge in [0.1, 0.15) is 5.75 Å². The molecule has 1 aromatic carbocycles. The monoisotopic (exact) mass is 338 g/mol. The molecular formula is C15H19BrN2O2. The standard InChI is InChI=1S/C15H19BrN2O2/c16-14-7-12(20)6-13-10(8-17-15(13)14)3-5-18-4-1-2-11(18)9-19/h6-8,11,17,19-20H,1-5,9H2. The van der Waals surface area contributed by atoms with Crippen molar-refractivity contribution < 1.29 is 10.2 Å². The molecular weight excluding hydrogens is 320 g/mol. The first-order chi connectivity index (χ1) is 9.69. The fourth-order valence-corrected chi connectivity index (χ4v) is 3.66. The van der Waals surface area contributed by atoms with E-state index in [1.54, 1.807) is 12.1 Å². The van der Waals surface area contributed by atoms with Crippen molar-refractivity contribution in [3.05, 3.63) is 28.4 Å². The third-order valence-electron chi connectivity index (χ3n) is 4.19. The molecule has 2 aromatic rings. The molecule has 1 saturated heterocycles.